The average molecular weight is 363 g/mol. The number of halogens is 1. The minimum absolute atomic E-state index is 0. The number of hydrogen-bond donors (Lipinski definition) is 2. The second-order valence-electron chi connectivity index (χ2n) is 3.80. The molecule has 1 rings (SSSR count). The van der Waals surface area contributed by atoms with E-state index < -0.39 is 0 Å². The van der Waals surface area contributed by atoms with Crippen LogP contribution in [0.3, 0.4) is 0 Å². The predicted molar refractivity (Wildman–Crippen MR) is 86.6 cm³/mol. The molecule has 0 aliphatic carbocycles. The molecule has 0 saturated heterocycles. The average Bonchev–Trinajstić information content (AvgIpc) is 2.61. The maximum atomic E-state index is 5.46. The summed E-state index contributed by atoms with van der Waals surface area (Å²) >= 11 is 0. The first-order valence-electron chi connectivity index (χ1n) is 5.86. The summed E-state index contributed by atoms with van der Waals surface area (Å²) in [5.74, 6) is 2.66. The van der Waals surface area contributed by atoms with E-state index in [9.17, 15) is 0 Å². The van der Waals surface area contributed by atoms with Crippen molar-refractivity contribution in [1.29, 1.82) is 0 Å². The standard InChI is InChI=1S/C13H21N3O.HI/c1-5-7-15-13(14-6-2)16-9-12-8-10(3)17-11(12)4;/h5,8H,1,6-7,9H2,2-4H3,(H2,14,15,16);1H. The number of furan rings is 1. The van der Waals surface area contributed by atoms with E-state index in [0.29, 0.717) is 13.1 Å². The summed E-state index contributed by atoms with van der Waals surface area (Å²) in [5, 5.41) is 6.33. The molecular weight excluding hydrogens is 341 g/mol. The Morgan fingerprint density at radius 3 is 2.67 bits per heavy atom. The zero-order valence-electron chi connectivity index (χ0n) is 11.2. The van der Waals surface area contributed by atoms with E-state index in [1.807, 2.05) is 26.8 Å². The van der Waals surface area contributed by atoms with Gasteiger partial charge in [0.05, 0.1) is 6.54 Å². The van der Waals surface area contributed by atoms with Gasteiger partial charge in [-0.15, -0.1) is 30.6 Å². The van der Waals surface area contributed by atoms with Crippen molar-refractivity contribution < 1.29 is 4.42 Å². The Balaban J connectivity index is 0.00000289. The van der Waals surface area contributed by atoms with Crippen LogP contribution >= 0.6 is 24.0 Å². The van der Waals surface area contributed by atoms with Crippen molar-refractivity contribution in [3.8, 4) is 0 Å². The maximum Gasteiger partial charge on any atom is 0.191 e. The third-order valence-corrected chi connectivity index (χ3v) is 2.31. The van der Waals surface area contributed by atoms with Crippen molar-refractivity contribution in [3.63, 3.8) is 0 Å². The smallest absolute Gasteiger partial charge is 0.191 e. The van der Waals surface area contributed by atoms with Gasteiger partial charge in [0, 0.05) is 18.7 Å². The van der Waals surface area contributed by atoms with E-state index in [0.717, 1.165) is 29.6 Å². The molecule has 5 heteroatoms. The van der Waals surface area contributed by atoms with Gasteiger partial charge in [0.2, 0.25) is 0 Å². The summed E-state index contributed by atoms with van der Waals surface area (Å²) in [7, 11) is 0. The first-order valence-corrected chi connectivity index (χ1v) is 5.86. The van der Waals surface area contributed by atoms with Crippen LogP contribution in [0.4, 0.5) is 0 Å². The van der Waals surface area contributed by atoms with Crippen LogP contribution in [0.25, 0.3) is 0 Å². The Hall–Kier alpha value is -0.980. The van der Waals surface area contributed by atoms with Crippen LogP contribution < -0.4 is 10.6 Å². The predicted octanol–water partition coefficient (Wildman–Crippen LogP) is 2.76. The van der Waals surface area contributed by atoms with E-state index >= 15 is 0 Å². The molecular formula is C13H22IN3O. The molecule has 18 heavy (non-hydrogen) atoms. The second kappa shape index (κ2) is 9.02. The summed E-state index contributed by atoms with van der Waals surface area (Å²) in [6.45, 7) is 11.8. The van der Waals surface area contributed by atoms with Gasteiger partial charge in [-0.3, -0.25) is 0 Å². The molecule has 0 aliphatic heterocycles. The van der Waals surface area contributed by atoms with Gasteiger partial charge in [0.15, 0.2) is 5.96 Å². The topological polar surface area (TPSA) is 49.6 Å². The molecule has 1 aromatic rings. The molecule has 2 N–H and O–H groups in total. The molecule has 4 nitrogen and oxygen atoms in total. The molecule has 0 fully saturated rings. The molecule has 102 valence electrons. The minimum Gasteiger partial charge on any atom is -0.466 e. The van der Waals surface area contributed by atoms with E-state index in [1.165, 1.54) is 0 Å². The fourth-order valence-corrected chi connectivity index (χ4v) is 1.52. The van der Waals surface area contributed by atoms with Crippen molar-refractivity contribution in [1.82, 2.24) is 10.6 Å². The fraction of sp³-hybridized carbons (Fsp3) is 0.462. The summed E-state index contributed by atoms with van der Waals surface area (Å²) in [6, 6.07) is 2.02. The van der Waals surface area contributed by atoms with Gasteiger partial charge in [0.1, 0.15) is 11.5 Å². The molecule has 1 heterocycles. The lowest BCUT2D eigenvalue weighted by Gasteiger charge is -2.08. The number of guanidine groups is 1. The van der Waals surface area contributed by atoms with E-state index in [4.69, 9.17) is 4.42 Å². The first kappa shape index (κ1) is 17.0. The Bertz CT molecular complexity index is 399. The molecule has 0 atom stereocenters. The van der Waals surface area contributed by atoms with Gasteiger partial charge >= 0.3 is 0 Å². The monoisotopic (exact) mass is 363 g/mol. The highest BCUT2D eigenvalue weighted by Crippen LogP contribution is 2.14. The summed E-state index contributed by atoms with van der Waals surface area (Å²) in [4.78, 5) is 4.48. The van der Waals surface area contributed by atoms with Crippen molar-refractivity contribution >= 4 is 29.9 Å². The van der Waals surface area contributed by atoms with E-state index in [-0.39, 0.29) is 24.0 Å². The third kappa shape index (κ3) is 5.57. The minimum atomic E-state index is 0. The molecule has 1 aromatic heterocycles. The van der Waals surface area contributed by atoms with Gasteiger partial charge in [-0.25, -0.2) is 4.99 Å². The highest BCUT2D eigenvalue weighted by molar-refractivity contribution is 14.0. The van der Waals surface area contributed by atoms with Crippen LogP contribution in [0, 0.1) is 13.8 Å². The van der Waals surface area contributed by atoms with Gasteiger partial charge in [-0.1, -0.05) is 6.08 Å². The number of aryl methyl sites for hydroxylation is 2. The summed E-state index contributed by atoms with van der Waals surface area (Å²) < 4.78 is 5.46. The molecule has 0 spiro atoms. The van der Waals surface area contributed by atoms with Gasteiger partial charge < -0.3 is 15.1 Å². The number of hydrogen-bond acceptors (Lipinski definition) is 2. The lowest BCUT2D eigenvalue weighted by atomic mass is 10.2. The third-order valence-electron chi connectivity index (χ3n) is 2.31. The van der Waals surface area contributed by atoms with Crippen LogP contribution in [-0.2, 0) is 6.54 Å². The Labute approximate surface area is 126 Å². The number of nitrogens with one attached hydrogen (secondary N) is 2. The second-order valence-corrected chi connectivity index (χ2v) is 3.80. The quantitative estimate of drug-likeness (QED) is 0.366. The normalized spacial score (nSPS) is 10.7. The Morgan fingerprint density at radius 2 is 2.17 bits per heavy atom. The number of rotatable bonds is 5. The SMILES string of the molecule is C=CCNC(=NCc1cc(C)oc1C)NCC.I. The van der Waals surface area contributed by atoms with Crippen molar-refractivity contribution in [3.05, 3.63) is 35.8 Å². The highest BCUT2D eigenvalue weighted by Gasteiger charge is 2.04. The van der Waals surface area contributed by atoms with Gasteiger partial charge in [-0.2, -0.15) is 0 Å². The molecule has 0 aliphatic rings. The van der Waals surface area contributed by atoms with Crippen LogP contribution in [0.5, 0.6) is 0 Å². The molecule has 0 aromatic carbocycles. The highest BCUT2D eigenvalue weighted by atomic mass is 127. The lowest BCUT2D eigenvalue weighted by molar-refractivity contribution is 0.501. The molecule has 0 amide bonds. The van der Waals surface area contributed by atoms with Crippen LogP contribution in [0.2, 0.25) is 0 Å². The van der Waals surface area contributed by atoms with Crippen molar-refractivity contribution in [2.75, 3.05) is 13.1 Å². The summed E-state index contributed by atoms with van der Waals surface area (Å²) in [6.07, 6.45) is 1.81. The number of aliphatic imine (C=N–C) groups is 1. The van der Waals surface area contributed by atoms with Crippen LogP contribution in [-0.4, -0.2) is 19.0 Å². The molecule has 0 saturated carbocycles. The molecule has 0 unspecified atom stereocenters. The largest absolute Gasteiger partial charge is 0.466 e. The first-order chi connectivity index (χ1) is 8.17. The van der Waals surface area contributed by atoms with Crippen LogP contribution in [0.15, 0.2) is 28.1 Å². The number of nitrogens with zero attached hydrogens (tertiary/aromatic N) is 1. The fourth-order valence-electron chi connectivity index (χ4n) is 1.52. The van der Waals surface area contributed by atoms with E-state index in [2.05, 4.69) is 22.2 Å². The van der Waals surface area contributed by atoms with Crippen molar-refractivity contribution in [2.24, 2.45) is 4.99 Å². The zero-order valence-corrected chi connectivity index (χ0v) is 13.6. The summed E-state index contributed by atoms with van der Waals surface area (Å²) in [5.41, 5.74) is 1.12. The van der Waals surface area contributed by atoms with Gasteiger partial charge in [0.25, 0.3) is 0 Å². The Morgan fingerprint density at radius 1 is 1.44 bits per heavy atom. The Kier molecular flexibility index (Phi) is 8.53. The zero-order chi connectivity index (χ0) is 12.7. The lowest BCUT2D eigenvalue weighted by Crippen LogP contribution is -2.37. The van der Waals surface area contributed by atoms with E-state index in [1.54, 1.807) is 6.08 Å². The van der Waals surface area contributed by atoms with Gasteiger partial charge in [-0.05, 0) is 26.8 Å². The molecule has 0 bridgehead atoms. The molecule has 0 radical (unpaired) electrons. The van der Waals surface area contributed by atoms with Crippen molar-refractivity contribution in [2.45, 2.75) is 27.3 Å². The van der Waals surface area contributed by atoms with Crippen LogP contribution in [0.1, 0.15) is 24.0 Å². The maximum absolute atomic E-state index is 5.46.